The van der Waals surface area contributed by atoms with E-state index < -0.39 is 12.3 Å². The van der Waals surface area contributed by atoms with Crippen LogP contribution < -0.4 is 15.4 Å². The van der Waals surface area contributed by atoms with E-state index in [0.717, 1.165) is 17.1 Å². The number of hydrogen-bond donors (Lipinski definition) is 3. The highest BCUT2D eigenvalue weighted by molar-refractivity contribution is 5.67. The first kappa shape index (κ1) is 17.8. The van der Waals surface area contributed by atoms with E-state index in [1.807, 2.05) is 54.6 Å². The van der Waals surface area contributed by atoms with Crippen molar-refractivity contribution in [1.82, 2.24) is 10.6 Å². The van der Waals surface area contributed by atoms with E-state index in [1.165, 1.54) is 0 Å². The highest BCUT2D eigenvalue weighted by atomic mass is 16.6. The quantitative estimate of drug-likeness (QED) is 0.647. The Morgan fingerprint density at radius 2 is 1.88 bits per heavy atom. The van der Waals surface area contributed by atoms with Crippen LogP contribution in [-0.4, -0.2) is 37.6 Å². The molecule has 2 rings (SSSR count). The van der Waals surface area contributed by atoms with Crippen molar-refractivity contribution in [3.05, 3.63) is 60.2 Å². The highest BCUT2D eigenvalue weighted by Crippen LogP contribution is 2.21. The summed E-state index contributed by atoms with van der Waals surface area (Å²) in [5.41, 5.74) is 1.04. The number of alkyl carbamates (subject to hydrolysis) is 1. The van der Waals surface area contributed by atoms with Crippen LogP contribution in [-0.2, 0) is 11.2 Å². The van der Waals surface area contributed by atoms with Crippen LogP contribution in [0.1, 0.15) is 5.56 Å². The van der Waals surface area contributed by atoms with Crippen molar-refractivity contribution in [2.24, 2.45) is 0 Å². The zero-order chi connectivity index (χ0) is 17.2. The Morgan fingerprint density at radius 1 is 1.12 bits per heavy atom. The van der Waals surface area contributed by atoms with Gasteiger partial charge >= 0.3 is 6.09 Å². The second kappa shape index (κ2) is 9.54. The van der Waals surface area contributed by atoms with Gasteiger partial charge in [0.2, 0.25) is 0 Å². The third-order valence-electron chi connectivity index (χ3n) is 3.27. The molecule has 1 atom stereocenters. The smallest absolute Gasteiger partial charge is 0.407 e. The van der Waals surface area contributed by atoms with E-state index in [9.17, 15) is 9.90 Å². The molecule has 0 bridgehead atoms. The fourth-order valence-electron chi connectivity index (χ4n) is 1.99. The van der Waals surface area contributed by atoms with Crippen molar-refractivity contribution in [1.29, 1.82) is 0 Å². The topological polar surface area (TPSA) is 79.8 Å². The molecule has 1 amide bonds. The average Bonchev–Trinajstić information content (AvgIpc) is 2.61. The Morgan fingerprint density at radius 3 is 2.62 bits per heavy atom. The van der Waals surface area contributed by atoms with Crippen LogP contribution in [0.15, 0.2) is 54.6 Å². The molecule has 0 radical (unpaired) electrons. The Bertz CT molecular complexity index is 634. The molecule has 6 heteroatoms. The Balaban J connectivity index is 1.77. The van der Waals surface area contributed by atoms with Gasteiger partial charge in [-0.2, -0.15) is 0 Å². The van der Waals surface area contributed by atoms with Gasteiger partial charge < -0.3 is 19.9 Å². The summed E-state index contributed by atoms with van der Waals surface area (Å²) in [7, 11) is 1.58. The number of rotatable bonds is 8. The van der Waals surface area contributed by atoms with Gasteiger partial charge in [-0.15, -0.1) is 0 Å². The Labute approximate surface area is 141 Å². The first-order valence-electron chi connectivity index (χ1n) is 7.75. The van der Waals surface area contributed by atoms with Gasteiger partial charge in [0.25, 0.3) is 0 Å². The van der Waals surface area contributed by atoms with Crippen molar-refractivity contribution in [2.75, 3.05) is 20.2 Å². The molecular formula is C18H22N2O4. The summed E-state index contributed by atoms with van der Waals surface area (Å²) in [5.74, 6) is 1.53. The molecule has 3 N–H and O–H groups in total. The van der Waals surface area contributed by atoms with Gasteiger partial charge in [-0.05, 0) is 43.3 Å². The van der Waals surface area contributed by atoms with Gasteiger partial charge in [0.05, 0.1) is 0 Å². The summed E-state index contributed by atoms with van der Waals surface area (Å²) in [6.07, 6.45) is -0.765. The third-order valence-corrected chi connectivity index (χ3v) is 3.27. The average molecular weight is 330 g/mol. The molecule has 128 valence electrons. The van der Waals surface area contributed by atoms with Crippen molar-refractivity contribution in [3.63, 3.8) is 0 Å². The summed E-state index contributed by atoms with van der Waals surface area (Å²) in [4.78, 5) is 11.5. The van der Waals surface area contributed by atoms with Crippen molar-refractivity contribution < 1.29 is 19.4 Å². The van der Waals surface area contributed by atoms with Crippen molar-refractivity contribution in [3.8, 4) is 11.5 Å². The van der Waals surface area contributed by atoms with E-state index >= 15 is 0 Å². The molecule has 0 aliphatic rings. The number of aliphatic hydroxyl groups excluding tert-OH is 1. The fraction of sp³-hybridized carbons (Fsp3) is 0.278. The van der Waals surface area contributed by atoms with E-state index in [0.29, 0.717) is 13.0 Å². The van der Waals surface area contributed by atoms with Crippen LogP contribution in [0, 0.1) is 0 Å². The monoisotopic (exact) mass is 330 g/mol. The summed E-state index contributed by atoms with van der Waals surface area (Å²) >= 11 is 0. The van der Waals surface area contributed by atoms with E-state index in [1.54, 1.807) is 7.05 Å². The third kappa shape index (κ3) is 6.28. The molecule has 1 unspecified atom stereocenters. The van der Waals surface area contributed by atoms with Gasteiger partial charge in [-0.3, -0.25) is 5.32 Å². The predicted molar refractivity (Wildman–Crippen MR) is 91.1 cm³/mol. The molecule has 2 aromatic rings. The van der Waals surface area contributed by atoms with Crippen LogP contribution in [0.25, 0.3) is 0 Å². The first-order chi connectivity index (χ1) is 11.7. The highest BCUT2D eigenvalue weighted by Gasteiger charge is 2.06. The number of ether oxygens (including phenoxy) is 2. The molecule has 2 aromatic carbocycles. The van der Waals surface area contributed by atoms with Crippen LogP contribution >= 0.6 is 0 Å². The minimum Gasteiger partial charge on any atom is -0.457 e. The Hall–Kier alpha value is -2.57. The number of carbonyl (C=O) groups excluding carboxylic acids is 1. The normalized spacial score (nSPS) is 11.6. The van der Waals surface area contributed by atoms with E-state index in [4.69, 9.17) is 9.47 Å². The lowest BCUT2D eigenvalue weighted by molar-refractivity contribution is 0.0536. The summed E-state index contributed by atoms with van der Waals surface area (Å²) in [5, 5.41) is 14.4. The standard InChI is InChI=1S/C18H22N2O4/c1-19-17(21)13-23-18(22)20-11-10-14-6-5-9-16(12-14)24-15-7-3-2-4-8-15/h2-9,12,17,19,21H,10-11,13H2,1H3,(H,20,22). The zero-order valence-electron chi connectivity index (χ0n) is 13.6. The molecule has 0 aromatic heterocycles. The molecule has 6 nitrogen and oxygen atoms in total. The summed E-state index contributed by atoms with van der Waals surface area (Å²) in [6, 6.07) is 17.3. The van der Waals surface area contributed by atoms with Gasteiger partial charge in [0, 0.05) is 6.54 Å². The molecular weight excluding hydrogens is 308 g/mol. The fourth-order valence-corrected chi connectivity index (χ4v) is 1.99. The van der Waals surface area contributed by atoms with Crippen LogP contribution in [0.3, 0.4) is 0 Å². The minimum absolute atomic E-state index is 0.0945. The predicted octanol–water partition coefficient (Wildman–Crippen LogP) is 2.29. The molecule has 24 heavy (non-hydrogen) atoms. The number of amides is 1. The number of carbonyl (C=O) groups is 1. The number of likely N-dealkylation sites (N-methyl/N-ethyl adjacent to an activating group) is 1. The van der Waals surface area contributed by atoms with Crippen LogP contribution in [0.4, 0.5) is 4.79 Å². The number of para-hydroxylation sites is 1. The zero-order valence-corrected chi connectivity index (χ0v) is 13.6. The number of aliphatic hydroxyl groups is 1. The number of nitrogens with one attached hydrogen (secondary N) is 2. The second-order valence-electron chi connectivity index (χ2n) is 5.14. The van der Waals surface area contributed by atoms with Crippen molar-refractivity contribution in [2.45, 2.75) is 12.6 Å². The van der Waals surface area contributed by atoms with Gasteiger partial charge in [-0.25, -0.2) is 4.79 Å². The summed E-state index contributed by atoms with van der Waals surface area (Å²) < 4.78 is 10.6. The molecule has 0 heterocycles. The van der Waals surface area contributed by atoms with Gasteiger partial charge in [0.1, 0.15) is 24.3 Å². The number of hydrogen-bond acceptors (Lipinski definition) is 5. The second-order valence-corrected chi connectivity index (χ2v) is 5.14. The van der Waals surface area contributed by atoms with Gasteiger partial charge in [-0.1, -0.05) is 30.3 Å². The largest absolute Gasteiger partial charge is 0.457 e. The van der Waals surface area contributed by atoms with E-state index in [-0.39, 0.29) is 6.61 Å². The number of benzene rings is 2. The maximum atomic E-state index is 11.5. The SMILES string of the molecule is CNC(O)COC(=O)NCCc1cccc(Oc2ccccc2)c1. The maximum absolute atomic E-state index is 11.5. The molecule has 0 aliphatic heterocycles. The molecule has 0 saturated heterocycles. The van der Waals surface area contributed by atoms with Crippen LogP contribution in [0.2, 0.25) is 0 Å². The van der Waals surface area contributed by atoms with E-state index in [2.05, 4.69) is 10.6 Å². The Kier molecular flexibility index (Phi) is 7.07. The minimum atomic E-state index is -0.859. The summed E-state index contributed by atoms with van der Waals surface area (Å²) in [6.45, 7) is 0.339. The molecule has 0 saturated carbocycles. The van der Waals surface area contributed by atoms with Crippen molar-refractivity contribution >= 4 is 6.09 Å². The lowest BCUT2D eigenvalue weighted by Crippen LogP contribution is -2.34. The lowest BCUT2D eigenvalue weighted by Gasteiger charge is -2.11. The lowest BCUT2D eigenvalue weighted by atomic mass is 10.1. The molecule has 0 aliphatic carbocycles. The van der Waals surface area contributed by atoms with Crippen LogP contribution in [0.5, 0.6) is 11.5 Å². The molecule has 0 spiro atoms. The first-order valence-corrected chi connectivity index (χ1v) is 7.75. The van der Waals surface area contributed by atoms with Gasteiger partial charge in [0.15, 0.2) is 0 Å². The molecule has 0 fully saturated rings. The maximum Gasteiger partial charge on any atom is 0.407 e.